The maximum absolute atomic E-state index is 12.2. The van der Waals surface area contributed by atoms with Crippen molar-refractivity contribution in [2.75, 3.05) is 13.1 Å². The summed E-state index contributed by atoms with van der Waals surface area (Å²) in [6.07, 6.45) is 3.77. The molecule has 0 aliphatic carbocycles. The zero-order valence-corrected chi connectivity index (χ0v) is 14.3. The molecule has 0 aromatic carbocycles. The molecule has 3 heterocycles. The van der Waals surface area contributed by atoms with Gasteiger partial charge in [0.2, 0.25) is 0 Å². The number of hydrogen-bond donors (Lipinski definition) is 2. The average molecular weight is 334 g/mol. The Morgan fingerprint density at radius 2 is 2.26 bits per heavy atom. The largest absolute Gasteiger partial charge is 0.344 e. The van der Waals surface area contributed by atoms with Crippen molar-refractivity contribution in [2.45, 2.75) is 45.2 Å². The highest BCUT2D eigenvalue weighted by Gasteiger charge is 2.18. The van der Waals surface area contributed by atoms with Gasteiger partial charge in [-0.25, -0.2) is 9.67 Å². The van der Waals surface area contributed by atoms with Crippen LogP contribution in [0.25, 0.3) is 0 Å². The third kappa shape index (κ3) is 3.94. The molecule has 124 valence electrons. The van der Waals surface area contributed by atoms with Gasteiger partial charge < -0.3 is 10.6 Å². The lowest BCUT2D eigenvalue weighted by Gasteiger charge is -2.22. The van der Waals surface area contributed by atoms with Gasteiger partial charge in [0.05, 0.1) is 24.5 Å². The number of carbonyl (C=O) groups is 1. The lowest BCUT2D eigenvalue weighted by Crippen LogP contribution is -2.29. The Balaban J connectivity index is 1.56. The van der Waals surface area contributed by atoms with Crippen LogP contribution < -0.4 is 10.6 Å². The molecule has 0 spiro atoms. The van der Waals surface area contributed by atoms with Crippen LogP contribution in [-0.2, 0) is 6.54 Å². The first-order chi connectivity index (χ1) is 11.1. The van der Waals surface area contributed by atoms with Crippen LogP contribution in [0.2, 0.25) is 0 Å². The summed E-state index contributed by atoms with van der Waals surface area (Å²) in [4.78, 5) is 16.7. The number of piperidine rings is 1. The van der Waals surface area contributed by atoms with E-state index in [1.807, 2.05) is 10.1 Å². The van der Waals surface area contributed by atoms with Crippen molar-refractivity contribution >= 4 is 17.2 Å². The summed E-state index contributed by atoms with van der Waals surface area (Å²) in [7, 11) is 0. The van der Waals surface area contributed by atoms with E-state index in [9.17, 15) is 4.79 Å². The molecule has 1 fully saturated rings. The van der Waals surface area contributed by atoms with Crippen molar-refractivity contribution in [1.29, 1.82) is 0 Å². The number of nitrogens with one attached hydrogen (secondary N) is 2. The van der Waals surface area contributed by atoms with Crippen LogP contribution in [0, 0.1) is 0 Å². The highest BCUT2D eigenvalue weighted by Crippen LogP contribution is 2.18. The topological polar surface area (TPSA) is 84.7 Å². The van der Waals surface area contributed by atoms with Crippen LogP contribution in [0.5, 0.6) is 0 Å². The lowest BCUT2D eigenvalue weighted by molar-refractivity contribution is 0.0945. The second-order valence-corrected chi connectivity index (χ2v) is 7.01. The Bertz CT molecular complexity index is 658. The van der Waals surface area contributed by atoms with Gasteiger partial charge in [0.25, 0.3) is 5.91 Å². The summed E-state index contributed by atoms with van der Waals surface area (Å²) in [6, 6.07) is 0.331. The van der Waals surface area contributed by atoms with Gasteiger partial charge in [-0.2, -0.15) is 0 Å². The molecule has 0 unspecified atom stereocenters. The smallest absolute Gasteiger partial charge is 0.273 e. The molecule has 1 aliphatic heterocycles. The van der Waals surface area contributed by atoms with Gasteiger partial charge >= 0.3 is 0 Å². The van der Waals surface area contributed by atoms with E-state index < -0.39 is 0 Å². The maximum atomic E-state index is 12.2. The van der Waals surface area contributed by atoms with Gasteiger partial charge in [0.15, 0.2) is 5.69 Å². The Labute approximate surface area is 139 Å². The van der Waals surface area contributed by atoms with Gasteiger partial charge in [-0.1, -0.05) is 19.1 Å². The molecule has 23 heavy (non-hydrogen) atoms. The van der Waals surface area contributed by atoms with Gasteiger partial charge in [0.1, 0.15) is 5.01 Å². The number of rotatable bonds is 5. The zero-order valence-electron chi connectivity index (χ0n) is 13.5. The number of carbonyl (C=O) groups excluding carboxylic acids is 1. The fourth-order valence-electron chi connectivity index (χ4n) is 2.55. The van der Waals surface area contributed by atoms with Crippen LogP contribution in [0.4, 0.5) is 0 Å². The molecular formula is C15H22N6OS. The predicted molar refractivity (Wildman–Crippen MR) is 88.5 cm³/mol. The molecular weight excluding hydrogens is 312 g/mol. The summed E-state index contributed by atoms with van der Waals surface area (Å²) >= 11 is 1.57. The normalized spacial score (nSPS) is 16.0. The van der Waals surface area contributed by atoms with Crippen LogP contribution in [0.1, 0.15) is 59.8 Å². The Morgan fingerprint density at radius 1 is 1.48 bits per heavy atom. The highest BCUT2D eigenvalue weighted by molar-refractivity contribution is 7.09. The lowest BCUT2D eigenvalue weighted by atomic mass is 10.1. The number of amides is 1. The molecule has 0 saturated carbocycles. The summed E-state index contributed by atoms with van der Waals surface area (Å²) in [6.45, 7) is 6.60. The monoisotopic (exact) mass is 334 g/mol. The van der Waals surface area contributed by atoms with E-state index in [4.69, 9.17) is 0 Å². The summed E-state index contributed by atoms with van der Waals surface area (Å²) in [5, 5.41) is 17.2. The fourth-order valence-corrected chi connectivity index (χ4v) is 3.44. The van der Waals surface area contributed by atoms with Crippen LogP contribution >= 0.6 is 11.3 Å². The van der Waals surface area contributed by atoms with E-state index in [0.717, 1.165) is 36.6 Å². The number of aromatic nitrogens is 4. The molecule has 1 amide bonds. The molecule has 0 bridgehead atoms. The first-order valence-corrected chi connectivity index (χ1v) is 8.86. The molecule has 0 radical (unpaired) electrons. The molecule has 8 heteroatoms. The molecule has 1 aliphatic rings. The van der Waals surface area contributed by atoms with Crippen molar-refractivity contribution < 1.29 is 4.79 Å². The minimum Gasteiger partial charge on any atom is -0.344 e. The van der Waals surface area contributed by atoms with Crippen LogP contribution in [0.3, 0.4) is 0 Å². The summed E-state index contributed by atoms with van der Waals surface area (Å²) < 4.78 is 1.82. The van der Waals surface area contributed by atoms with Crippen molar-refractivity contribution in [3.63, 3.8) is 0 Å². The van der Waals surface area contributed by atoms with Crippen molar-refractivity contribution in [3.8, 4) is 0 Å². The molecule has 1 saturated heterocycles. The Hall–Kier alpha value is -1.80. The van der Waals surface area contributed by atoms with Crippen molar-refractivity contribution in [2.24, 2.45) is 0 Å². The minimum absolute atomic E-state index is 0.202. The van der Waals surface area contributed by atoms with E-state index >= 15 is 0 Å². The van der Waals surface area contributed by atoms with Gasteiger partial charge in [-0.05, 0) is 31.8 Å². The van der Waals surface area contributed by atoms with E-state index in [1.165, 1.54) is 0 Å². The number of hydrogen-bond acceptors (Lipinski definition) is 6. The van der Waals surface area contributed by atoms with Gasteiger partial charge in [0, 0.05) is 5.38 Å². The standard InChI is InChI=1S/C15H22N6OS/c1-10(2)13-9-23-14(18-13)7-17-15(22)12-8-21(20-19-12)11-3-5-16-6-4-11/h8-11,16H,3-7H2,1-2H3,(H,17,22). The second kappa shape index (κ2) is 7.18. The molecule has 2 aromatic rings. The van der Waals surface area contributed by atoms with Gasteiger partial charge in [-0.15, -0.1) is 16.4 Å². The maximum Gasteiger partial charge on any atom is 0.273 e. The average Bonchev–Trinajstić information content (AvgIpc) is 3.23. The third-order valence-corrected chi connectivity index (χ3v) is 4.85. The number of thiazole rings is 1. The quantitative estimate of drug-likeness (QED) is 0.869. The molecule has 2 aromatic heterocycles. The number of nitrogens with zero attached hydrogens (tertiary/aromatic N) is 4. The fraction of sp³-hybridized carbons (Fsp3) is 0.600. The SMILES string of the molecule is CC(C)c1csc(CNC(=O)c2cn(C3CCNCC3)nn2)n1. The van der Waals surface area contributed by atoms with Gasteiger partial charge in [-0.3, -0.25) is 4.79 Å². The minimum atomic E-state index is -0.202. The van der Waals surface area contributed by atoms with E-state index in [2.05, 4.69) is 39.8 Å². The zero-order chi connectivity index (χ0) is 16.2. The Morgan fingerprint density at radius 3 is 2.96 bits per heavy atom. The molecule has 3 rings (SSSR count). The van der Waals surface area contributed by atoms with E-state index in [0.29, 0.717) is 24.2 Å². The van der Waals surface area contributed by atoms with Crippen molar-refractivity contribution in [3.05, 3.63) is 28.0 Å². The van der Waals surface area contributed by atoms with Crippen LogP contribution in [-0.4, -0.2) is 39.0 Å². The van der Waals surface area contributed by atoms with Crippen molar-refractivity contribution in [1.82, 2.24) is 30.6 Å². The Kier molecular flexibility index (Phi) is 5.02. The highest BCUT2D eigenvalue weighted by atomic mass is 32.1. The molecule has 7 nitrogen and oxygen atoms in total. The predicted octanol–water partition coefficient (Wildman–Crippen LogP) is 1.71. The molecule has 2 N–H and O–H groups in total. The third-order valence-electron chi connectivity index (χ3n) is 3.99. The van der Waals surface area contributed by atoms with Crippen LogP contribution in [0.15, 0.2) is 11.6 Å². The summed E-state index contributed by atoms with van der Waals surface area (Å²) in [5.74, 6) is 0.201. The first-order valence-electron chi connectivity index (χ1n) is 7.98. The van der Waals surface area contributed by atoms with E-state index in [-0.39, 0.29) is 5.91 Å². The second-order valence-electron chi connectivity index (χ2n) is 6.07. The molecule has 0 atom stereocenters. The first kappa shape index (κ1) is 16.1. The summed E-state index contributed by atoms with van der Waals surface area (Å²) in [5.41, 5.74) is 1.43. The van der Waals surface area contributed by atoms with E-state index in [1.54, 1.807) is 17.5 Å².